The van der Waals surface area contributed by atoms with Crippen molar-refractivity contribution in [1.82, 2.24) is 15.1 Å². The van der Waals surface area contributed by atoms with Gasteiger partial charge in [-0.05, 0) is 29.8 Å². The molecule has 2 aromatic carbocycles. The van der Waals surface area contributed by atoms with Crippen molar-refractivity contribution in [2.24, 2.45) is 7.05 Å². The number of halogens is 2. The van der Waals surface area contributed by atoms with Crippen molar-refractivity contribution in [3.8, 4) is 0 Å². The van der Waals surface area contributed by atoms with Crippen LogP contribution in [0.2, 0.25) is 10.0 Å². The van der Waals surface area contributed by atoms with Crippen LogP contribution in [-0.4, -0.2) is 21.6 Å². The number of carbonyl (C=O) groups excluding carboxylic acids is 2. The average molecular weight is 403 g/mol. The van der Waals surface area contributed by atoms with Crippen LogP contribution in [0, 0.1) is 0 Å². The summed E-state index contributed by atoms with van der Waals surface area (Å²) in [6, 6.07) is 15.4. The molecule has 0 spiro atoms. The summed E-state index contributed by atoms with van der Waals surface area (Å²) >= 11 is 12.0. The highest BCUT2D eigenvalue weighted by Crippen LogP contribution is 2.18. The van der Waals surface area contributed by atoms with E-state index in [4.69, 9.17) is 23.2 Å². The second-order valence-corrected chi connectivity index (χ2v) is 6.63. The van der Waals surface area contributed by atoms with Gasteiger partial charge in [-0.15, -0.1) is 0 Å². The maximum atomic E-state index is 12.4. The fourth-order valence-corrected chi connectivity index (χ4v) is 2.88. The molecule has 2 amide bonds. The van der Waals surface area contributed by atoms with E-state index < -0.39 is 0 Å². The second-order valence-electron chi connectivity index (χ2n) is 5.78. The first-order chi connectivity index (χ1) is 12.9. The van der Waals surface area contributed by atoms with E-state index in [1.165, 1.54) is 10.7 Å². The largest absolute Gasteiger partial charge is 0.347 e. The fourth-order valence-electron chi connectivity index (χ4n) is 2.44. The molecule has 3 rings (SSSR count). The van der Waals surface area contributed by atoms with Gasteiger partial charge in [0.05, 0.1) is 10.6 Å². The number of anilines is 1. The van der Waals surface area contributed by atoms with E-state index in [-0.39, 0.29) is 17.5 Å². The van der Waals surface area contributed by atoms with E-state index in [1.807, 2.05) is 12.1 Å². The number of nitrogens with zero attached hydrogens (tertiary/aromatic N) is 2. The van der Waals surface area contributed by atoms with Gasteiger partial charge in [0.1, 0.15) is 5.82 Å². The summed E-state index contributed by atoms with van der Waals surface area (Å²) in [5, 5.41) is 10.6. The molecule has 8 heteroatoms. The SMILES string of the molecule is Cn1nc(C(=O)NCc2cccc(Cl)c2)cc1NC(=O)c1ccccc1Cl. The molecule has 0 saturated heterocycles. The lowest BCUT2D eigenvalue weighted by atomic mass is 10.2. The Kier molecular flexibility index (Phi) is 5.78. The maximum absolute atomic E-state index is 12.4. The molecular formula is C19H16Cl2N4O2. The molecule has 0 aliphatic rings. The molecule has 0 aliphatic heterocycles. The van der Waals surface area contributed by atoms with Crippen molar-refractivity contribution in [2.75, 3.05) is 5.32 Å². The Labute approximate surface area is 166 Å². The molecule has 3 aromatic rings. The van der Waals surface area contributed by atoms with E-state index in [0.29, 0.717) is 28.0 Å². The van der Waals surface area contributed by atoms with Crippen molar-refractivity contribution in [2.45, 2.75) is 6.54 Å². The minimum atomic E-state index is -0.380. The zero-order valence-electron chi connectivity index (χ0n) is 14.4. The molecule has 0 radical (unpaired) electrons. The predicted molar refractivity (Wildman–Crippen MR) is 105 cm³/mol. The van der Waals surface area contributed by atoms with Gasteiger partial charge in [-0.25, -0.2) is 0 Å². The van der Waals surface area contributed by atoms with Gasteiger partial charge in [0.25, 0.3) is 11.8 Å². The molecule has 0 saturated carbocycles. The van der Waals surface area contributed by atoms with Crippen LogP contribution in [0.5, 0.6) is 0 Å². The molecule has 1 aromatic heterocycles. The first-order valence-electron chi connectivity index (χ1n) is 8.06. The van der Waals surface area contributed by atoms with Gasteiger partial charge in [-0.3, -0.25) is 14.3 Å². The number of aromatic nitrogens is 2. The molecule has 1 heterocycles. The number of carbonyl (C=O) groups is 2. The summed E-state index contributed by atoms with van der Waals surface area (Å²) < 4.78 is 1.42. The van der Waals surface area contributed by atoms with Gasteiger partial charge in [0, 0.05) is 24.7 Å². The summed E-state index contributed by atoms with van der Waals surface area (Å²) in [5.74, 6) is -0.355. The average Bonchev–Trinajstić information content (AvgIpc) is 3.00. The van der Waals surface area contributed by atoms with Crippen molar-refractivity contribution in [3.63, 3.8) is 0 Å². The third-order valence-corrected chi connectivity index (χ3v) is 4.38. The van der Waals surface area contributed by atoms with E-state index in [2.05, 4.69) is 15.7 Å². The first kappa shape index (κ1) is 18.9. The molecule has 138 valence electrons. The standard InChI is InChI=1S/C19H16Cl2N4O2/c1-25-17(23-18(26)14-7-2-3-8-15(14)21)10-16(24-25)19(27)22-11-12-5-4-6-13(20)9-12/h2-10H,11H2,1H3,(H,22,27)(H,23,26). The molecule has 6 nitrogen and oxygen atoms in total. The lowest BCUT2D eigenvalue weighted by Gasteiger charge is -2.06. The number of nitrogens with one attached hydrogen (secondary N) is 2. The van der Waals surface area contributed by atoms with Crippen LogP contribution in [0.25, 0.3) is 0 Å². The molecule has 0 unspecified atom stereocenters. The van der Waals surface area contributed by atoms with Crippen molar-refractivity contribution < 1.29 is 9.59 Å². The van der Waals surface area contributed by atoms with Crippen LogP contribution >= 0.6 is 23.2 Å². The lowest BCUT2D eigenvalue weighted by Crippen LogP contribution is -2.23. The van der Waals surface area contributed by atoms with Crippen molar-refractivity contribution >= 4 is 40.8 Å². The number of rotatable bonds is 5. The number of hydrogen-bond acceptors (Lipinski definition) is 3. The first-order valence-corrected chi connectivity index (χ1v) is 8.82. The number of benzene rings is 2. The van der Waals surface area contributed by atoms with Gasteiger partial charge in [-0.1, -0.05) is 47.5 Å². The van der Waals surface area contributed by atoms with Gasteiger partial charge in [-0.2, -0.15) is 5.10 Å². The Morgan fingerprint density at radius 2 is 1.81 bits per heavy atom. The Morgan fingerprint density at radius 3 is 2.56 bits per heavy atom. The van der Waals surface area contributed by atoms with Crippen LogP contribution in [0.1, 0.15) is 26.4 Å². The summed E-state index contributed by atoms with van der Waals surface area (Å²) in [6.07, 6.45) is 0. The van der Waals surface area contributed by atoms with E-state index in [1.54, 1.807) is 43.4 Å². The zero-order valence-corrected chi connectivity index (χ0v) is 15.9. The quantitative estimate of drug-likeness (QED) is 0.678. The van der Waals surface area contributed by atoms with E-state index >= 15 is 0 Å². The minimum Gasteiger partial charge on any atom is -0.347 e. The Hall–Kier alpha value is -2.83. The molecule has 0 atom stereocenters. The summed E-state index contributed by atoms with van der Waals surface area (Å²) in [4.78, 5) is 24.7. The van der Waals surface area contributed by atoms with Crippen LogP contribution < -0.4 is 10.6 Å². The topological polar surface area (TPSA) is 76.0 Å². The normalized spacial score (nSPS) is 10.5. The third-order valence-electron chi connectivity index (χ3n) is 3.81. The summed E-state index contributed by atoms with van der Waals surface area (Å²) in [7, 11) is 1.63. The van der Waals surface area contributed by atoms with Crippen LogP contribution in [0.15, 0.2) is 54.6 Å². The molecule has 0 bridgehead atoms. The highest BCUT2D eigenvalue weighted by molar-refractivity contribution is 6.34. The highest BCUT2D eigenvalue weighted by atomic mass is 35.5. The zero-order chi connectivity index (χ0) is 19.4. The van der Waals surface area contributed by atoms with Gasteiger partial charge < -0.3 is 10.6 Å². The van der Waals surface area contributed by atoms with Crippen LogP contribution in [0.3, 0.4) is 0 Å². The minimum absolute atomic E-state index is 0.189. The molecule has 27 heavy (non-hydrogen) atoms. The molecule has 2 N–H and O–H groups in total. The van der Waals surface area contributed by atoms with E-state index in [9.17, 15) is 9.59 Å². The van der Waals surface area contributed by atoms with Gasteiger partial charge in [0.15, 0.2) is 5.69 Å². The summed E-state index contributed by atoms with van der Waals surface area (Å²) in [5.41, 5.74) is 1.40. The Bertz CT molecular complexity index is 1000. The summed E-state index contributed by atoms with van der Waals surface area (Å²) in [6.45, 7) is 0.317. The maximum Gasteiger partial charge on any atom is 0.272 e. The lowest BCUT2D eigenvalue weighted by molar-refractivity contribution is 0.0944. The molecule has 0 fully saturated rings. The highest BCUT2D eigenvalue weighted by Gasteiger charge is 2.16. The monoisotopic (exact) mass is 402 g/mol. The van der Waals surface area contributed by atoms with E-state index in [0.717, 1.165) is 5.56 Å². The number of aryl methyl sites for hydroxylation is 1. The molecular weight excluding hydrogens is 387 g/mol. The number of amides is 2. The second kappa shape index (κ2) is 8.24. The smallest absolute Gasteiger partial charge is 0.272 e. The Morgan fingerprint density at radius 1 is 1.04 bits per heavy atom. The van der Waals surface area contributed by atoms with Crippen molar-refractivity contribution in [3.05, 3.63) is 81.5 Å². The Balaban J connectivity index is 1.67. The van der Waals surface area contributed by atoms with Crippen LogP contribution in [0.4, 0.5) is 5.82 Å². The fraction of sp³-hybridized carbons (Fsp3) is 0.105. The van der Waals surface area contributed by atoms with Crippen molar-refractivity contribution in [1.29, 1.82) is 0 Å². The van der Waals surface area contributed by atoms with Gasteiger partial charge in [0.2, 0.25) is 0 Å². The predicted octanol–water partition coefficient (Wildman–Crippen LogP) is 3.91. The van der Waals surface area contributed by atoms with Gasteiger partial charge >= 0.3 is 0 Å². The van der Waals surface area contributed by atoms with Crippen LogP contribution in [-0.2, 0) is 13.6 Å². The molecule has 0 aliphatic carbocycles. The third kappa shape index (κ3) is 4.67. The number of hydrogen-bond donors (Lipinski definition) is 2.